The lowest BCUT2D eigenvalue weighted by Gasteiger charge is -2.27. The summed E-state index contributed by atoms with van der Waals surface area (Å²) in [5, 5.41) is 7.35. The number of Topliss-reactive ketones (excluding diaryl/α,β-unsaturated/α-hetero) is 1. The van der Waals surface area contributed by atoms with E-state index < -0.39 is 17.7 Å². The molecule has 110 valence electrons. The van der Waals surface area contributed by atoms with Gasteiger partial charge in [0.15, 0.2) is 0 Å². The SMILES string of the molecule is Cc1nnc(C(=O)C2CCCN2C(=O)OC(C)(C)C)o1. The van der Waals surface area contributed by atoms with Crippen molar-refractivity contribution < 1.29 is 18.7 Å². The molecule has 7 heteroatoms. The molecule has 1 fully saturated rings. The van der Waals surface area contributed by atoms with Crippen LogP contribution in [0, 0.1) is 6.92 Å². The summed E-state index contributed by atoms with van der Waals surface area (Å²) >= 11 is 0. The average Bonchev–Trinajstić information content (AvgIpc) is 2.93. The van der Waals surface area contributed by atoms with Crippen LogP contribution in [0.2, 0.25) is 0 Å². The molecule has 1 atom stereocenters. The van der Waals surface area contributed by atoms with E-state index >= 15 is 0 Å². The Labute approximate surface area is 117 Å². The molecule has 0 aromatic carbocycles. The maximum absolute atomic E-state index is 12.3. The molecule has 2 heterocycles. The predicted octanol–water partition coefficient (Wildman–Crippen LogP) is 1.96. The maximum Gasteiger partial charge on any atom is 0.410 e. The standard InChI is InChI=1S/C13H19N3O4/c1-8-14-15-11(19-8)10(17)9-6-5-7-16(9)12(18)20-13(2,3)4/h9H,5-7H2,1-4H3. The summed E-state index contributed by atoms with van der Waals surface area (Å²) in [5.41, 5.74) is -0.589. The Morgan fingerprint density at radius 3 is 2.60 bits per heavy atom. The molecule has 1 unspecified atom stereocenters. The van der Waals surface area contributed by atoms with E-state index in [0.29, 0.717) is 18.9 Å². The zero-order valence-corrected chi connectivity index (χ0v) is 12.2. The molecule has 2 rings (SSSR count). The van der Waals surface area contributed by atoms with Crippen molar-refractivity contribution in [3.63, 3.8) is 0 Å². The fourth-order valence-corrected chi connectivity index (χ4v) is 2.12. The van der Waals surface area contributed by atoms with Gasteiger partial charge in [0.05, 0.1) is 0 Å². The van der Waals surface area contributed by atoms with Gasteiger partial charge in [-0.2, -0.15) is 0 Å². The zero-order valence-electron chi connectivity index (χ0n) is 12.2. The van der Waals surface area contributed by atoms with E-state index in [1.54, 1.807) is 27.7 Å². The molecule has 0 saturated carbocycles. The van der Waals surface area contributed by atoms with Gasteiger partial charge in [0.2, 0.25) is 11.7 Å². The number of hydrogen-bond acceptors (Lipinski definition) is 6. The van der Waals surface area contributed by atoms with Crippen LogP contribution in [0.5, 0.6) is 0 Å². The number of carbonyl (C=O) groups is 2. The number of hydrogen-bond donors (Lipinski definition) is 0. The van der Waals surface area contributed by atoms with Crippen LogP contribution >= 0.6 is 0 Å². The molecular weight excluding hydrogens is 262 g/mol. The average molecular weight is 281 g/mol. The number of likely N-dealkylation sites (tertiary alicyclic amines) is 1. The third kappa shape index (κ3) is 3.15. The molecule has 0 bridgehead atoms. The summed E-state index contributed by atoms with van der Waals surface area (Å²) in [4.78, 5) is 25.8. The van der Waals surface area contributed by atoms with Crippen molar-refractivity contribution in [3.8, 4) is 0 Å². The minimum Gasteiger partial charge on any atom is -0.444 e. The Morgan fingerprint density at radius 2 is 2.05 bits per heavy atom. The molecule has 1 aliphatic rings. The van der Waals surface area contributed by atoms with Gasteiger partial charge in [0, 0.05) is 13.5 Å². The van der Waals surface area contributed by atoms with Crippen molar-refractivity contribution in [1.82, 2.24) is 15.1 Å². The van der Waals surface area contributed by atoms with Crippen molar-refractivity contribution in [1.29, 1.82) is 0 Å². The highest BCUT2D eigenvalue weighted by atomic mass is 16.6. The summed E-state index contributed by atoms with van der Waals surface area (Å²) < 4.78 is 10.4. The number of rotatable bonds is 2. The van der Waals surface area contributed by atoms with Crippen LogP contribution in [-0.2, 0) is 4.74 Å². The molecule has 0 spiro atoms. The van der Waals surface area contributed by atoms with Crippen molar-refractivity contribution in [2.24, 2.45) is 0 Å². The van der Waals surface area contributed by atoms with Crippen LogP contribution in [-0.4, -0.2) is 45.2 Å². The second-order valence-corrected chi connectivity index (χ2v) is 5.82. The molecule has 1 aliphatic heterocycles. The van der Waals surface area contributed by atoms with Gasteiger partial charge in [-0.1, -0.05) is 0 Å². The summed E-state index contributed by atoms with van der Waals surface area (Å²) in [6.07, 6.45) is 0.854. The van der Waals surface area contributed by atoms with Gasteiger partial charge >= 0.3 is 6.09 Å². The Kier molecular flexibility index (Phi) is 3.78. The highest BCUT2D eigenvalue weighted by Crippen LogP contribution is 2.23. The molecule has 1 saturated heterocycles. The lowest BCUT2D eigenvalue weighted by molar-refractivity contribution is 0.0218. The summed E-state index contributed by atoms with van der Waals surface area (Å²) in [7, 11) is 0. The normalized spacial score (nSPS) is 19.2. The van der Waals surface area contributed by atoms with Crippen molar-refractivity contribution >= 4 is 11.9 Å². The van der Waals surface area contributed by atoms with Gasteiger partial charge in [0.1, 0.15) is 11.6 Å². The number of carbonyl (C=O) groups excluding carboxylic acids is 2. The smallest absolute Gasteiger partial charge is 0.410 e. The van der Waals surface area contributed by atoms with E-state index in [9.17, 15) is 9.59 Å². The first-order valence-corrected chi connectivity index (χ1v) is 6.62. The number of nitrogens with zero attached hydrogens (tertiary/aromatic N) is 3. The largest absolute Gasteiger partial charge is 0.444 e. The van der Waals surface area contributed by atoms with Crippen molar-refractivity contribution in [3.05, 3.63) is 11.8 Å². The van der Waals surface area contributed by atoms with Gasteiger partial charge in [-0.25, -0.2) is 4.79 Å². The maximum atomic E-state index is 12.3. The van der Waals surface area contributed by atoms with Crippen LogP contribution in [0.3, 0.4) is 0 Å². The van der Waals surface area contributed by atoms with Gasteiger partial charge in [-0.3, -0.25) is 9.69 Å². The number of amides is 1. The third-order valence-electron chi connectivity index (χ3n) is 2.92. The molecule has 1 amide bonds. The number of aryl methyl sites for hydroxylation is 1. The molecule has 20 heavy (non-hydrogen) atoms. The van der Waals surface area contributed by atoms with E-state index in [2.05, 4.69) is 10.2 Å². The minimum atomic E-state index is -0.589. The van der Waals surface area contributed by atoms with Crippen LogP contribution in [0.15, 0.2) is 4.42 Å². The van der Waals surface area contributed by atoms with Crippen molar-refractivity contribution in [2.45, 2.75) is 52.2 Å². The zero-order chi connectivity index (χ0) is 14.9. The van der Waals surface area contributed by atoms with Gasteiger partial charge in [-0.15, -0.1) is 10.2 Å². The lowest BCUT2D eigenvalue weighted by atomic mass is 10.1. The Morgan fingerprint density at radius 1 is 1.35 bits per heavy atom. The summed E-state index contributed by atoms with van der Waals surface area (Å²) in [6, 6.07) is -0.579. The lowest BCUT2D eigenvalue weighted by Crippen LogP contribution is -2.43. The minimum absolute atomic E-state index is 0.0528. The highest BCUT2D eigenvalue weighted by molar-refractivity contribution is 5.98. The molecule has 0 radical (unpaired) electrons. The Hall–Kier alpha value is -1.92. The Bertz CT molecular complexity index is 518. The quantitative estimate of drug-likeness (QED) is 0.770. The fraction of sp³-hybridized carbons (Fsp3) is 0.692. The fourth-order valence-electron chi connectivity index (χ4n) is 2.12. The van der Waals surface area contributed by atoms with Crippen LogP contribution < -0.4 is 0 Å². The van der Waals surface area contributed by atoms with Gasteiger partial charge in [-0.05, 0) is 33.6 Å². The Balaban J connectivity index is 2.11. The third-order valence-corrected chi connectivity index (χ3v) is 2.92. The van der Waals surface area contributed by atoms with E-state index in [-0.39, 0.29) is 11.7 Å². The first-order chi connectivity index (χ1) is 9.28. The monoisotopic (exact) mass is 281 g/mol. The highest BCUT2D eigenvalue weighted by Gasteiger charge is 2.38. The molecular formula is C13H19N3O4. The molecule has 0 N–H and O–H groups in total. The first-order valence-electron chi connectivity index (χ1n) is 6.62. The predicted molar refractivity (Wildman–Crippen MR) is 69.3 cm³/mol. The van der Waals surface area contributed by atoms with Crippen LogP contribution in [0.4, 0.5) is 4.79 Å². The van der Waals surface area contributed by atoms with Gasteiger partial charge < -0.3 is 9.15 Å². The summed E-state index contributed by atoms with van der Waals surface area (Å²) in [6.45, 7) is 7.49. The van der Waals surface area contributed by atoms with E-state index in [1.807, 2.05) is 0 Å². The van der Waals surface area contributed by atoms with Crippen molar-refractivity contribution in [2.75, 3.05) is 6.54 Å². The molecule has 7 nitrogen and oxygen atoms in total. The topological polar surface area (TPSA) is 85.5 Å². The molecule has 1 aromatic rings. The second kappa shape index (κ2) is 5.22. The summed E-state index contributed by atoms with van der Waals surface area (Å²) in [5.74, 6) is -0.0490. The van der Waals surface area contributed by atoms with Crippen LogP contribution in [0.1, 0.15) is 50.2 Å². The van der Waals surface area contributed by atoms with Crippen LogP contribution in [0.25, 0.3) is 0 Å². The molecule has 1 aromatic heterocycles. The van der Waals surface area contributed by atoms with Gasteiger partial charge in [0.25, 0.3) is 5.89 Å². The number of ketones is 1. The van der Waals surface area contributed by atoms with E-state index in [1.165, 1.54) is 4.90 Å². The van der Waals surface area contributed by atoms with E-state index in [4.69, 9.17) is 9.15 Å². The first kappa shape index (κ1) is 14.5. The van der Waals surface area contributed by atoms with E-state index in [0.717, 1.165) is 6.42 Å². The number of aromatic nitrogens is 2. The second-order valence-electron chi connectivity index (χ2n) is 5.82. The number of ether oxygens (including phenoxy) is 1. The molecule has 0 aliphatic carbocycles.